The molecule has 0 saturated carbocycles. The summed E-state index contributed by atoms with van der Waals surface area (Å²) in [5, 5.41) is 3.09. The SMILES string of the molecule is CCCNC(COCCOC(C)(C)C)C(=O)OC. The fraction of sp³-hybridized carbons (Fsp3) is 0.923. The van der Waals surface area contributed by atoms with Crippen LogP contribution in [-0.4, -0.2) is 51.1 Å². The Morgan fingerprint density at radius 1 is 1.28 bits per heavy atom. The second-order valence-corrected chi connectivity index (χ2v) is 5.07. The molecule has 0 amide bonds. The van der Waals surface area contributed by atoms with Gasteiger partial charge in [-0.05, 0) is 33.7 Å². The van der Waals surface area contributed by atoms with Crippen LogP contribution in [0.15, 0.2) is 0 Å². The Kier molecular flexibility index (Phi) is 8.97. The van der Waals surface area contributed by atoms with Crippen molar-refractivity contribution in [1.29, 1.82) is 0 Å². The van der Waals surface area contributed by atoms with Gasteiger partial charge in [0.1, 0.15) is 6.04 Å². The van der Waals surface area contributed by atoms with Crippen molar-refractivity contribution in [2.75, 3.05) is 33.5 Å². The van der Waals surface area contributed by atoms with E-state index in [1.807, 2.05) is 27.7 Å². The highest BCUT2D eigenvalue weighted by atomic mass is 16.5. The molecule has 0 aromatic rings. The number of methoxy groups -OCH3 is 1. The van der Waals surface area contributed by atoms with E-state index in [9.17, 15) is 4.79 Å². The van der Waals surface area contributed by atoms with Crippen LogP contribution in [0.3, 0.4) is 0 Å². The summed E-state index contributed by atoms with van der Waals surface area (Å²) in [6.45, 7) is 10.1. The van der Waals surface area contributed by atoms with Crippen LogP contribution in [-0.2, 0) is 19.0 Å². The summed E-state index contributed by atoms with van der Waals surface area (Å²) in [5.74, 6) is -0.291. The summed E-state index contributed by atoms with van der Waals surface area (Å²) in [7, 11) is 1.38. The Morgan fingerprint density at radius 2 is 1.94 bits per heavy atom. The zero-order valence-electron chi connectivity index (χ0n) is 12.2. The third-order valence-electron chi connectivity index (χ3n) is 2.17. The zero-order valence-corrected chi connectivity index (χ0v) is 12.2. The van der Waals surface area contributed by atoms with Gasteiger partial charge in [0.15, 0.2) is 0 Å². The molecule has 0 rings (SSSR count). The summed E-state index contributed by atoms with van der Waals surface area (Å²) >= 11 is 0. The largest absolute Gasteiger partial charge is 0.468 e. The van der Waals surface area contributed by atoms with Crippen LogP contribution in [0, 0.1) is 0 Å². The lowest BCUT2D eigenvalue weighted by Crippen LogP contribution is -2.42. The maximum Gasteiger partial charge on any atom is 0.325 e. The van der Waals surface area contributed by atoms with Crippen molar-refractivity contribution in [3.63, 3.8) is 0 Å². The van der Waals surface area contributed by atoms with Gasteiger partial charge in [0.25, 0.3) is 0 Å². The average Bonchev–Trinajstić information content (AvgIpc) is 2.30. The molecule has 0 aromatic carbocycles. The van der Waals surface area contributed by atoms with E-state index >= 15 is 0 Å². The van der Waals surface area contributed by atoms with Gasteiger partial charge >= 0.3 is 5.97 Å². The summed E-state index contributed by atoms with van der Waals surface area (Å²) in [6.07, 6.45) is 0.959. The number of ether oxygens (including phenoxy) is 3. The normalized spacial score (nSPS) is 13.4. The summed E-state index contributed by atoms with van der Waals surface area (Å²) in [4.78, 5) is 11.4. The topological polar surface area (TPSA) is 56.8 Å². The van der Waals surface area contributed by atoms with Crippen LogP contribution in [0.2, 0.25) is 0 Å². The molecule has 0 aliphatic rings. The fourth-order valence-corrected chi connectivity index (χ4v) is 1.28. The third-order valence-corrected chi connectivity index (χ3v) is 2.17. The van der Waals surface area contributed by atoms with Gasteiger partial charge in [0.2, 0.25) is 0 Å². The number of carbonyl (C=O) groups excluding carboxylic acids is 1. The Labute approximate surface area is 110 Å². The molecule has 1 atom stereocenters. The van der Waals surface area contributed by atoms with E-state index in [0.29, 0.717) is 19.8 Å². The van der Waals surface area contributed by atoms with Crippen molar-refractivity contribution in [1.82, 2.24) is 5.32 Å². The first kappa shape index (κ1) is 17.4. The van der Waals surface area contributed by atoms with Crippen LogP contribution in [0.4, 0.5) is 0 Å². The first-order valence-electron chi connectivity index (χ1n) is 6.43. The monoisotopic (exact) mass is 261 g/mol. The zero-order chi connectivity index (χ0) is 14.0. The average molecular weight is 261 g/mol. The molecule has 0 aliphatic carbocycles. The van der Waals surface area contributed by atoms with Crippen LogP contribution in [0.1, 0.15) is 34.1 Å². The van der Waals surface area contributed by atoms with Gasteiger partial charge in [-0.1, -0.05) is 6.92 Å². The van der Waals surface area contributed by atoms with Gasteiger partial charge in [-0.2, -0.15) is 0 Å². The van der Waals surface area contributed by atoms with E-state index in [4.69, 9.17) is 14.2 Å². The lowest BCUT2D eigenvalue weighted by atomic mass is 10.2. The predicted octanol–water partition coefficient (Wildman–Crippen LogP) is 1.36. The number of carbonyl (C=O) groups is 1. The second kappa shape index (κ2) is 9.30. The van der Waals surface area contributed by atoms with Gasteiger partial charge in [-0.15, -0.1) is 0 Å². The summed E-state index contributed by atoms with van der Waals surface area (Å²) in [5.41, 5.74) is -0.161. The van der Waals surface area contributed by atoms with Crippen molar-refractivity contribution < 1.29 is 19.0 Å². The lowest BCUT2D eigenvalue weighted by Gasteiger charge is -2.20. The van der Waals surface area contributed by atoms with E-state index in [1.165, 1.54) is 7.11 Å². The number of rotatable bonds is 9. The maximum absolute atomic E-state index is 11.4. The van der Waals surface area contributed by atoms with Gasteiger partial charge in [0, 0.05) is 0 Å². The van der Waals surface area contributed by atoms with Crippen molar-refractivity contribution in [3.05, 3.63) is 0 Å². The Hall–Kier alpha value is -0.650. The number of hydrogen-bond acceptors (Lipinski definition) is 5. The second-order valence-electron chi connectivity index (χ2n) is 5.07. The van der Waals surface area contributed by atoms with Gasteiger partial charge in [-0.3, -0.25) is 4.79 Å². The molecule has 108 valence electrons. The molecule has 0 radical (unpaired) electrons. The molecule has 1 unspecified atom stereocenters. The Bertz CT molecular complexity index is 226. The van der Waals surface area contributed by atoms with Crippen LogP contribution >= 0.6 is 0 Å². The van der Waals surface area contributed by atoms with E-state index in [1.54, 1.807) is 0 Å². The first-order valence-corrected chi connectivity index (χ1v) is 6.43. The number of esters is 1. The highest BCUT2D eigenvalue weighted by Gasteiger charge is 2.18. The third kappa shape index (κ3) is 9.39. The lowest BCUT2D eigenvalue weighted by molar-refractivity contribution is -0.145. The minimum atomic E-state index is -0.399. The molecule has 0 saturated heterocycles. The smallest absolute Gasteiger partial charge is 0.325 e. The highest BCUT2D eigenvalue weighted by molar-refractivity contribution is 5.75. The van der Waals surface area contributed by atoms with Crippen molar-refractivity contribution in [2.24, 2.45) is 0 Å². The number of hydrogen-bond donors (Lipinski definition) is 1. The van der Waals surface area contributed by atoms with E-state index < -0.39 is 6.04 Å². The van der Waals surface area contributed by atoms with Gasteiger partial charge in [-0.25, -0.2) is 0 Å². The standard InChI is InChI=1S/C13H27NO4/c1-6-7-14-11(12(15)16-5)10-17-8-9-18-13(2,3)4/h11,14H,6-10H2,1-5H3. The molecule has 0 heterocycles. The molecule has 0 aliphatic heterocycles. The van der Waals surface area contributed by atoms with Crippen molar-refractivity contribution in [3.8, 4) is 0 Å². The van der Waals surface area contributed by atoms with Crippen molar-refractivity contribution in [2.45, 2.75) is 45.8 Å². The predicted molar refractivity (Wildman–Crippen MR) is 70.6 cm³/mol. The first-order chi connectivity index (χ1) is 8.40. The summed E-state index contributed by atoms with van der Waals surface area (Å²) in [6, 6.07) is -0.399. The summed E-state index contributed by atoms with van der Waals surface area (Å²) < 4.78 is 15.6. The highest BCUT2D eigenvalue weighted by Crippen LogP contribution is 2.05. The van der Waals surface area contributed by atoms with E-state index in [2.05, 4.69) is 5.32 Å². The van der Waals surface area contributed by atoms with Crippen LogP contribution < -0.4 is 5.32 Å². The Balaban J connectivity index is 3.79. The maximum atomic E-state index is 11.4. The minimum Gasteiger partial charge on any atom is -0.468 e. The molecule has 0 fully saturated rings. The molecular weight excluding hydrogens is 234 g/mol. The molecule has 0 spiro atoms. The van der Waals surface area contributed by atoms with Gasteiger partial charge < -0.3 is 19.5 Å². The Morgan fingerprint density at radius 3 is 2.44 bits per heavy atom. The molecular formula is C13H27NO4. The molecule has 5 nitrogen and oxygen atoms in total. The van der Waals surface area contributed by atoms with E-state index in [-0.39, 0.29) is 11.6 Å². The quantitative estimate of drug-likeness (QED) is 0.501. The van der Waals surface area contributed by atoms with Gasteiger partial charge in [0.05, 0.1) is 32.5 Å². The molecule has 5 heteroatoms. The van der Waals surface area contributed by atoms with Crippen LogP contribution in [0.5, 0.6) is 0 Å². The number of nitrogens with one attached hydrogen (secondary N) is 1. The van der Waals surface area contributed by atoms with Crippen molar-refractivity contribution >= 4 is 5.97 Å². The minimum absolute atomic E-state index is 0.161. The molecule has 0 bridgehead atoms. The molecule has 1 N–H and O–H groups in total. The molecule has 18 heavy (non-hydrogen) atoms. The fourth-order valence-electron chi connectivity index (χ4n) is 1.28. The van der Waals surface area contributed by atoms with Crippen LogP contribution in [0.25, 0.3) is 0 Å². The van der Waals surface area contributed by atoms with E-state index in [0.717, 1.165) is 13.0 Å². The molecule has 0 aromatic heterocycles.